The molecule has 4 rings (SSSR count). The Kier molecular flexibility index (Phi) is 5.48. The van der Waals surface area contributed by atoms with E-state index in [4.69, 9.17) is 11.6 Å². The number of halogens is 1. The van der Waals surface area contributed by atoms with Gasteiger partial charge < -0.3 is 10.6 Å². The van der Waals surface area contributed by atoms with Crippen LogP contribution in [0.4, 0.5) is 5.69 Å². The van der Waals surface area contributed by atoms with Gasteiger partial charge in [-0.3, -0.25) is 14.4 Å². The molecule has 1 aliphatic rings. The summed E-state index contributed by atoms with van der Waals surface area (Å²) in [5, 5.41) is 6.52. The summed E-state index contributed by atoms with van der Waals surface area (Å²) in [6, 6.07) is 18.9. The van der Waals surface area contributed by atoms with Crippen molar-refractivity contribution in [3.8, 4) is 0 Å². The van der Waals surface area contributed by atoms with Crippen LogP contribution >= 0.6 is 11.6 Å². The third-order valence-electron chi connectivity index (χ3n) is 5.17. The Morgan fingerprint density at radius 3 is 2.23 bits per heavy atom. The van der Waals surface area contributed by atoms with Crippen LogP contribution in [0.25, 0.3) is 0 Å². The molecule has 0 unspecified atom stereocenters. The molecule has 30 heavy (non-hydrogen) atoms. The number of ketones is 2. The average Bonchev–Trinajstić information content (AvgIpc) is 2.76. The highest BCUT2D eigenvalue weighted by molar-refractivity contribution is 6.31. The maximum absolute atomic E-state index is 13.0. The number of hydrogen-bond acceptors (Lipinski definition) is 4. The molecule has 0 saturated heterocycles. The molecule has 1 aliphatic carbocycles. The van der Waals surface area contributed by atoms with Gasteiger partial charge in [-0.25, -0.2) is 0 Å². The largest absolute Gasteiger partial charge is 0.324 e. The zero-order chi connectivity index (χ0) is 21.3. The summed E-state index contributed by atoms with van der Waals surface area (Å²) in [5.74, 6) is -0.809. The van der Waals surface area contributed by atoms with Crippen LogP contribution in [0.3, 0.4) is 0 Å². The fourth-order valence-electron chi connectivity index (χ4n) is 3.63. The number of rotatable bonds is 5. The van der Waals surface area contributed by atoms with Gasteiger partial charge in [0.15, 0.2) is 11.6 Å². The summed E-state index contributed by atoms with van der Waals surface area (Å²) >= 11 is 6.20. The van der Waals surface area contributed by atoms with Gasteiger partial charge in [0.1, 0.15) is 0 Å². The summed E-state index contributed by atoms with van der Waals surface area (Å²) in [7, 11) is 0. The van der Waals surface area contributed by atoms with E-state index in [1.165, 1.54) is 0 Å². The van der Waals surface area contributed by atoms with Crippen LogP contribution in [0.5, 0.6) is 0 Å². The first kappa shape index (κ1) is 20.0. The number of carbonyl (C=O) groups is 3. The van der Waals surface area contributed by atoms with Crippen molar-refractivity contribution in [2.24, 2.45) is 0 Å². The number of fused-ring (bicyclic) bond motifs is 2. The third-order valence-corrected chi connectivity index (χ3v) is 5.51. The van der Waals surface area contributed by atoms with Crippen molar-refractivity contribution in [1.29, 1.82) is 0 Å². The standard InChI is InChI=1S/C24H19ClN2O3/c1-14(15-7-4-5-11-19(15)25)26-13-21(28)27-20-12-6-10-18-22(20)24(30)17-9-3-2-8-16(17)23(18)29/h2-12,14,26H,13H2,1H3,(H,27,28)/t14-/m1/s1. The van der Waals surface area contributed by atoms with Gasteiger partial charge in [0.2, 0.25) is 5.91 Å². The van der Waals surface area contributed by atoms with Crippen molar-refractivity contribution in [2.75, 3.05) is 11.9 Å². The van der Waals surface area contributed by atoms with Crippen LogP contribution < -0.4 is 10.6 Å². The number of amides is 1. The van der Waals surface area contributed by atoms with Crippen LogP contribution in [0.1, 0.15) is 50.4 Å². The quantitative estimate of drug-likeness (QED) is 0.503. The predicted octanol–water partition coefficient (Wildman–Crippen LogP) is 4.40. The average molecular weight is 419 g/mol. The molecule has 0 aliphatic heterocycles. The second-order valence-electron chi connectivity index (χ2n) is 7.10. The van der Waals surface area contributed by atoms with Gasteiger partial charge >= 0.3 is 0 Å². The van der Waals surface area contributed by atoms with Crippen LogP contribution in [0, 0.1) is 0 Å². The highest BCUT2D eigenvalue weighted by Gasteiger charge is 2.31. The maximum atomic E-state index is 13.0. The highest BCUT2D eigenvalue weighted by atomic mass is 35.5. The van der Waals surface area contributed by atoms with Crippen LogP contribution in [-0.4, -0.2) is 24.0 Å². The Morgan fingerprint density at radius 1 is 0.867 bits per heavy atom. The van der Waals surface area contributed by atoms with Gasteiger partial charge in [-0.15, -0.1) is 0 Å². The second kappa shape index (κ2) is 8.22. The van der Waals surface area contributed by atoms with Crippen molar-refractivity contribution in [3.63, 3.8) is 0 Å². The Morgan fingerprint density at radius 2 is 1.50 bits per heavy atom. The third kappa shape index (κ3) is 3.65. The SMILES string of the molecule is C[C@@H](NCC(=O)Nc1cccc2c1C(=O)c1ccccc1C2=O)c1ccccc1Cl. The Balaban J connectivity index is 1.52. The lowest BCUT2D eigenvalue weighted by molar-refractivity contribution is -0.115. The molecule has 2 N–H and O–H groups in total. The van der Waals surface area contributed by atoms with Crippen molar-refractivity contribution in [3.05, 3.63) is 99.6 Å². The van der Waals surface area contributed by atoms with Crippen molar-refractivity contribution in [1.82, 2.24) is 5.32 Å². The molecule has 3 aromatic rings. The van der Waals surface area contributed by atoms with Gasteiger partial charge in [-0.1, -0.05) is 66.2 Å². The van der Waals surface area contributed by atoms with E-state index < -0.39 is 0 Å². The predicted molar refractivity (Wildman–Crippen MR) is 116 cm³/mol. The number of benzene rings is 3. The van der Waals surface area contributed by atoms with E-state index >= 15 is 0 Å². The first-order valence-electron chi connectivity index (χ1n) is 9.56. The molecule has 0 bridgehead atoms. The molecule has 0 spiro atoms. The molecule has 1 atom stereocenters. The van der Waals surface area contributed by atoms with Crippen molar-refractivity contribution >= 4 is 34.8 Å². The van der Waals surface area contributed by atoms with Gasteiger partial charge in [0.05, 0.1) is 17.8 Å². The molecule has 3 aromatic carbocycles. The summed E-state index contributed by atoms with van der Waals surface area (Å²) in [4.78, 5) is 38.4. The fraction of sp³-hybridized carbons (Fsp3) is 0.125. The first-order chi connectivity index (χ1) is 14.5. The van der Waals surface area contributed by atoms with E-state index in [-0.39, 0.29) is 35.6 Å². The van der Waals surface area contributed by atoms with Crippen molar-refractivity contribution < 1.29 is 14.4 Å². The number of carbonyl (C=O) groups excluding carboxylic acids is 3. The van der Waals surface area contributed by atoms with E-state index in [2.05, 4.69) is 10.6 Å². The minimum atomic E-state index is -0.318. The Labute approximate surface area is 179 Å². The zero-order valence-corrected chi connectivity index (χ0v) is 17.0. The number of anilines is 1. The molecule has 0 saturated carbocycles. The number of hydrogen-bond donors (Lipinski definition) is 2. The highest BCUT2D eigenvalue weighted by Crippen LogP contribution is 2.32. The van der Waals surface area contributed by atoms with E-state index in [0.717, 1.165) is 5.56 Å². The number of nitrogens with one attached hydrogen (secondary N) is 2. The van der Waals surface area contributed by atoms with E-state index in [1.54, 1.807) is 48.5 Å². The molecule has 1 amide bonds. The lowest BCUT2D eigenvalue weighted by atomic mass is 9.83. The summed E-state index contributed by atoms with van der Waals surface area (Å²) in [6.45, 7) is 1.94. The Hall–Kier alpha value is -3.28. The van der Waals surface area contributed by atoms with E-state index in [1.807, 2.05) is 25.1 Å². The lowest BCUT2D eigenvalue weighted by Crippen LogP contribution is -2.31. The smallest absolute Gasteiger partial charge is 0.238 e. The van der Waals surface area contributed by atoms with Gasteiger partial charge in [0, 0.05) is 27.8 Å². The molecule has 0 heterocycles. The summed E-state index contributed by atoms with van der Waals surface area (Å²) in [5.41, 5.74) is 2.48. The Bertz CT molecular complexity index is 1170. The van der Waals surface area contributed by atoms with Gasteiger partial charge in [-0.2, -0.15) is 0 Å². The molecule has 5 nitrogen and oxygen atoms in total. The lowest BCUT2D eigenvalue weighted by Gasteiger charge is -2.20. The zero-order valence-electron chi connectivity index (χ0n) is 16.2. The molecule has 0 fully saturated rings. The monoisotopic (exact) mass is 418 g/mol. The summed E-state index contributed by atoms with van der Waals surface area (Å²) < 4.78 is 0. The van der Waals surface area contributed by atoms with Crippen LogP contribution in [0.2, 0.25) is 5.02 Å². The fourth-order valence-corrected chi connectivity index (χ4v) is 3.93. The molecular formula is C24H19ClN2O3. The minimum Gasteiger partial charge on any atom is -0.324 e. The molecule has 0 radical (unpaired) electrons. The van der Waals surface area contributed by atoms with E-state index in [0.29, 0.717) is 27.4 Å². The van der Waals surface area contributed by atoms with E-state index in [9.17, 15) is 14.4 Å². The molecule has 150 valence electrons. The summed E-state index contributed by atoms with van der Waals surface area (Å²) in [6.07, 6.45) is 0. The second-order valence-corrected chi connectivity index (χ2v) is 7.51. The molecule has 0 aromatic heterocycles. The molecular weight excluding hydrogens is 400 g/mol. The van der Waals surface area contributed by atoms with Gasteiger partial charge in [-0.05, 0) is 24.6 Å². The molecule has 6 heteroatoms. The topological polar surface area (TPSA) is 75.3 Å². The van der Waals surface area contributed by atoms with Crippen LogP contribution in [0.15, 0.2) is 66.7 Å². The minimum absolute atomic E-state index is 0.0226. The van der Waals surface area contributed by atoms with Crippen molar-refractivity contribution in [2.45, 2.75) is 13.0 Å². The maximum Gasteiger partial charge on any atom is 0.238 e. The van der Waals surface area contributed by atoms with Gasteiger partial charge in [0.25, 0.3) is 0 Å². The van der Waals surface area contributed by atoms with Crippen LogP contribution in [-0.2, 0) is 4.79 Å². The normalized spacial score (nSPS) is 13.4. The first-order valence-corrected chi connectivity index (χ1v) is 9.94.